The average Bonchev–Trinajstić information content (AvgIpc) is 2.79. The van der Waals surface area contributed by atoms with Gasteiger partial charge in [-0.2, -0.15) is 5.26 Å². The topological polar surface area (TPSA) is 108 Å². The van der Waals surface area contributed by atoms with Crippen LogP contribution in [-0.4, -0.2) is 30.6 Å². The fourth-order valence-electron chi connectivity index (χ4n) is 3.76. The number of thioether (sulfide) groups is 1. The second-order valence-electron chi connectivity index (χ2n) is 7.48. The number of nitriles is 1. The molecular formula is C24H22BrN3O4S. The number of aryl methyl sites for hydroxylation is 2. The third kappa shape index (κ3) is 5.46. The lowest BCUT2D eigenvalue weighted by molar-refractivity contribution is -0.150. The zero-order valence-electron chi connectivity index (χ0n) is 18.3. The van der Waals surface area contributed by atoms with Crippen molar-refractivity contribution in [3.8, 4) is 6.07 Å². The third-order valence-electron chi connectivity index (χ3n) is 5.25. The van der Waals surface area contributed by atoms with Crippen molar-refractivity contribution in [2.45, 2.75) is 19.8 Å². The highest BCUT2D eigenvalue weighted by atomic mass is 79.9. The van der Waals surface area contributed by atoms with Crippen LogP contribution >= 0.6 is 27.7 Å². The Balaban J connectivity index is 1.88. The van der Waals surface area contributed by atoms with E-state index >= 15 is 0 Å². The zero-order valence-corrected chi connectivity index (χ0v) is 20.7. The largest absolute Gasteiger partial charge is 0.468 e. The Kier molecular flexibility index (Phi) is 7.95. The predicted octanol–water partition coefficient (Wildman–Crippen LogP) is 4.18. The number of ether oxygens (including phenoxy) is 1. The minimum Gasteiger partial charge on any atom is -0.468 e. The molecule has 0 unspecified atom stereocenters. The van der Waals surface area contributed by atoms with Crippen LogP contribution in [0.4, 0.5) is 5.69 Å². The monoisotopic (exact) mass is 527 g/mol. The Hall–Kier alpha value is -3.09. The van der Waals surface area contributed by atoms with Gasteiger partial charge in [0.25, 0.3) is 0 Å². The summed E-state index contributed by atoms with van der Waals surface area (Å²) >= 11 is 4.48. The first-order valence-electron chi connectivity index (χ1n) is 10.0. The van der Waals surface area contributed by atoms with Crippen molar-refractivity contribution >= 4 is 51.2 Å². The van der Waals surface area contributed by atoms with Gasteiger partial charge in [-0.05, 0) is 42.7 Å². The van der Waals surface area contributed by atoms with Crippen molar-refractivity contribution in [1.29, 1.82) is 5.26 Å². The molecule has 2 aromatic rings. The second-order valence-corrected chi connectivity index (χ2v) is 9.39. The molecule has 33 heavy (non-hydrogen) atoms. The van der Waals surface area contributed by atoms with E-state index in [1.54, 1.807) is 30.3 Å². The molecule has 1 aliphatic rings. The van der Waals surface area contributed by atoms with E-state index in [2.05, 4.69) is 32.6 Å². The van der Waals surface area contributed by atoms with Crippen LogP contribution in [0.1, 0.15) is 22.6 Å². The number of methoxy groups -OCH3 is 1. The summed E-state index contributed by atoms with van der Waals surface area (Å²) in [6.45, 7) is 3.80. The molecule has 0 radical (unpaired) electrons. The summed E-state index contributed by atoms with van der Waals surface area (Å²) in [6.07, 6.45) is 0. The lowest BCUT2D eigenvalue weighted by Crippen LogP contribution is -2.44. The fraction of sp³-hybridized carbons (Fsp3) is 0.250. The van der Waals surface area contributed by atoms with Crippen LogP contribution in [0.2, 0.25) is 0 Å². The van der Waals surface area contributed by atoms with Crippen LogP contribution < -0.4 is 10.6 Å². The number of halogens is 1. The molecule has 2 atom stereocenters. The van der Waals surface area contributed by atoms with Gasteiger partial charge in [0.2, 0.25) is 11.8 Å². The molecule has 0 aliphatic carbocycles. The molecule has 3 rings (SSSR count). The van der Waals surface area contributed by atoms with Crippen LogP contribution in [0.5, 0.6) is 0 Å². The van der Waals surface area contributed by atoms with E-state index in [9.17, 15) is 19.6 Å². The average molecular weight is 528 g/mol. The summed E-state index contributed by atoms with van der Waals surface area (Å²) in [5, 5.41) is 15.7. The minimum absolute atomic E-state index is 0.0276. The molecule has 0 saturated carbocycles. The van der Waals surface area contributed by atoms with E-state index in [1.807, 2.05) is 26.0 Å². The number of esters is 1. The zero-order chi connectivity index (χ0) is 24.1. The Morgan fingerprint density at radius 1 is 1.21 bits per heavy atom. The Morgan fingerprint density at radius 3 is 2.42 bits per heavy atom. The van der Waals surface area contributed by atoms with Crippen molar-refractivity contribution in [3.63, 3.8) is 0 Å². The van der Waals surface area contributed by atoms with Gasteiger partial charge in [0, 0.05) is 16.1 Å². The van der Waals surface area contributed by atoms with Gasteiger partial charge in [-0.3, -0.25) is 14.4 Å². The molecule has 9 heteroatoms. The number of rotatable bonds is 6. The number of nitrogens with zero attached hydrogens (tertiary/aromatic N) is 1. The number of carbonyl (C=O) groups is 3. The number of nitrogens with one attached hydrogen (secondary N) is 2. The Bertz CT molecular complexity index is 1150. The summed E-state index contributed by atoms with van der Waals surface area (Å²) in [6, 6.07) is 14.8. The van der Waals surface area contributed by atoms with E-state index in [-0.39, 0.29) is 22.3 Å². The van der Waals surface area contributed by atoms with Gasteiger partial charge in [-0.15, -0.1) is 0 Å². The summed E-state index contributed by atoms with van der Waals surface area (Å²) in [7, 11) is 1.20. The first-order chi connectivity index (χ1) is 15.8. The molecule has 1 aliphatic heterocycles. The highest BCUT2D eigenvalue weighted by Crippen LogP contribution is 2.40. The molecule has 2 N–H and O–H groups in total. The fourth-order valence-corrected chi connectivity index (χ4v) is 5.30. The number of benzene rings is 2. The van der Waals surface area contributed by atoms with Gasteiger partial charge in [0.1, 0.15) is 5.92 Å². The standard InChI is InChI=1S/C24H22BrN3O4S/c1-13-9-16(25)10-14(2)21(13)27-18(29)12-33-23-17(11-26)19(15-7-5-4-6-8-15)20(22(30)28-23)24(31)32-3/h4-10,19-20H,12H2,1-3H3,(H,27,29)(H,28,30)/t19-,20-/m1/s1. The van der Waals surface area contributed by atoms with Crippen molar-refractivity contribution in [2.24, 2.45) is 5.92 Å². The molecule has 0 fully saturated rings. The smallest absolute Gasteiger partial charge is 0.319 e. The Morgan fingerprint density at radius 2 is 1.85 bits per heavy atom. The van der Waals surface area contributed by atoms with Crippen LogP contribution in [0.15, 0.2) is 57.5 Å². The van der Waals surface area contributed by atoms with Gasteiger partial charge in [-0.25, -0.2) is 0 Å². The van der Waals surface area contributed by atoms with Gasteiger partial charge in [-0.1, -0.05) is 58.0 Å². The molecule has 0 spiro atoms. The quantitative estimate of drug-likeness (QED) is 0.431. The van der Waals surface area contributed by atoms with Gasteiger partial charge < -0.3 is 15.4 Å². The van der Waals surface area contributed by atoms with Crippen LogP contribution in [-0.2, 0) is 19.1 Å². The van der Waals surface area contributed by atoms with E-state index < -0.39 is 23.7 Å². The van der Waals surface area contributed by atoms with Gasteiger partial charge in [0.05, 0.1) is 29.5 Å². The van der Waals surface area contributed by atoms with E-state index in [4.69, 9.17) is 4.74 Å². The number of amides is 2. The van der Waals surface area contributed by atoms with Crippen LogP contribution in [0.3, 0.4) is 0 Å². The maximum Gasteiger partial charge on any atom is 0.319 e. The lowest BCUT2D eigenvalue weighted by Gasteiger charge is -2.30. The highest BCUT2D eigenvalue weighted by molar-refractivity contribution is 9.10. The summed E-state index contributed by atoms with van der Waals surface area (Å²) in [5.41, 5.74) is 3.40. The first kappa shape index (κ1) is 24.6. The van der Waals surface area contributed by atoms with Crippen molar-refractivity contribution in [1.82, 2.24) is 5.32 Å². The summed E-state index contributed by atoms with van der Waals surface area (Å²) in [5.74, 6) is -3.61. The van der Waals surface area contributed by atoms with E-state index in [0.717, 1.165) is 33.0 Å². The van der Waals surface area contributed by atoms with Crippen LogP contribution in [0.25, 0.3) is 0 Å². The molecule has 2 aromatic carbocycles. The molecular weight excluding hydrogens is 506 g/mol. The lowest BCUT2D eigenvalue weighted by atomic mass is 9.78. The Labute approximate surface area is 204 Å². The molecule has 170 valence electrons. The number of carbonyl (C=O) groups excluding carboxylic acids is 3. The van der Waals surface area contributed by atoms with Gasteiger partial charge in [0.15, 0.2) is 0 Å². The van der Waals surface area contributed by atoms with Crippen molar-refractivity contribution < 1.29 is 19.1 Å². The third-order valence-corrected chi connectivity index (χ3v) is 6.73. The molecule has 1 heterocycles. The highest BCUT2D eigenvalue weighted by Gasteiger charge is 2.44. The normalized spacial score (nSPS) is 17.7. The summed E-state index contributed by atoms with van der Waals surface area (Å²) in [4.78, 5) is 37.9. The first-order valence-corrected chi connectivity index (χ1v) is 11.8. The summed E-state index contributed by atoms with van der Waals surface area (Å²) < 4.78 is 5.75. The number of hydrogen-bond donors (Lipinski definition) is 2. The van der Waals surface area contributed by atoms with Crippen LogP contribution in [0, 0.1) is 31.1 Å². The number of hydrogen-bond acceptors (Lipinski definition) is 6. The van der Waals surface area contributed by atoms with E-state index in [0.29, 0.717) is 5.56 Å². The van der Waals surface area contributed by atoms with E-state index in [1.165, 1.54) is 7.11 Å². The number of allylic oxidation sites excluding steroid dienone is 1. The van der Waals surface area contributed by atoms with Gasteiger partial charge >= 0.3 is 5.97 Å². The molecule has 0 aromatic heterocycles. The maximum atomic E-state index is 12.8. The SMILES string of the molecule is COC(=O)[C@H]1C(=O)NC(SCC(=O)Nc2c(C)cc(Br)cc2C)=C(C#N)[C@H]1c1ccccc1. The molecule has 0 saturated heterocycles. The minimum atomic E-state index is -1.20. The maximum absolute atomic E-state index is 12.8. The predicted molar refractivity (Wildman–Crippen MR) is 130 cm³/mol. The van der Waals surface area contributed by atoms with Crippen molar-refractivity contribution in [3.05, 3.63) is 74.2 Å². The van der Waals surface area contributed by atoms with Crippen molar-refractivity contribution in [2.75, 3.05) is 18.2 Å². The molecule has 0 bridgehead atoms. The number of anilines is 1. The second kappa shape index (κ2) is 10.7. The molecule has 7 nitrogen and oxygen atoms in total. The molecule has 2 amide bonds.